The van der Waals surface area contributed by atoms with Crippen LogP contribution in [0.25, 0.3) is 11.0 Å². The van der Waals surface area contributed by atoms with E-state index in [4.69, 9.17) is 11.5 Å². The van der Waals surface area contributed by atoms with Crippen molar-refractivity contribution in [2.24, 2.45) is 0 Å². The minimum absolute atomic E-state index is 0.404. The SMILES string of the molecule is Nc1nc2c(I)ccc(N)c2[nH]1. The minimum atomic E-state index is 0.404. The van der Waals surface area contributed by atoms with Gasteiger partial charge in [-0.1, -0.05) is 0 Å². The Morgan fingerprint density at radius 3 is 2.75 bits per heavy atom. The van der Waals surface area contributed by atoms with Crippen molar-refractivity contribution in [3.8, 4) is 0 Å². The van der Waals surface area contributed by atoms with Gasteiger partial charge >= 0.3 is 0 Å². The van der Waals surface area contributed by atoms with Crippen LogP contribution in [-0.4, -0.2) is 9.97 Å². The molecule has 0 aliphatic rings. The number of aromatic amines is 1. The van der Waals surface area contributed by atoms with Gasteiger partial charge < -0.3 is 16.5 Å². The summed E-state index contributed by atoms with van der Waals surface area (Å²) in [5, 5.41) is 0. The van der Waals surface area contributed by atoms with Gasteiger partial charge in [-0.25, -0.2) is 4.98 Å². The summed E-state index contributed by atoms with van der Waals surface area (Å²) in [5.74, 6) is 0.404. The fraction of sp³-hybridized carbons (Fsp3) is 0. The number of hydrogen-bond acceptors (Lipinski definition) is 3. The topological polar surface area (TPSA) is 80.7 Å². The summed E-state index contributed by atoms with van der Waals surface area (Å²) in [6, 6.07) is 3.75. The first-order valence-electron chi connectivity index (χ1n) is 3.37. The maximum absolute atomic E-state index is 5.71. The van der Waals surface area contributed by atoms with E-state index in [1.54, 1.807) is 0 Å². The molecular formula is C7H7IN4. The lowest BCUT2D eigenvalue weighted by atomic mass is 10.3. The molecule has 0 fully saturated rings. The Bertz CT molecular complexity index is 395. The molecule has 0 spiro atoms. The van der Waals surface area contributed by atoms with E-state index in [2.05, 4.69) is 32.6 Å². The smallest absolute Gasteiger partial charge is 0.198 e. The highest BCUT2D eigenvalue weighted by molar-refractivity contribution is 14.1. The number of nitrogens with zero attached hydrogens (tertiary/aromatic N) is 1. The van der Waals surface area contributed by atoms with Crippen LogP contribution in [0.2, 0.25) is 0 Å². The number of halogens is 1. The van der Waals surface area contributed by atoms with E-state index in [0.29, 0.717) is 11.6 Å². The summed E-state index contributed by atoms with van der Waals surface area (Å²) in [4.78, 5) is 7.01. The lowest BCUT2D eigenvalue weighted by Crippen LogP contribution is -1.87. The van der Waals surface area contributed by atoms with Crippen LogP contribution in [0.15, 0.2) is 12.1 Å². The van der Waals surface area contributed by atoms with Gasteiger partial charge in [0.25, 0.3) is 0 Å². The molecule has 5 heteroatoms. The molecular weight excluding hydrogens is 267 g/mol. The number of H-pyrrole nitrogens is 1. The maximum atomic E-state index is 5.71. The number of fused-ring (bicyclic) bond motifs is 1. The van der Waals surface area contributed by atoms with Crippen molar-refractivity contribution in [1.29, 1.82) is 0 Å². The third-order valence-electron chi connectivity index (χ3n) is 1.65. The summed E-state index contributed by atoms with van der Waals surface area (Å²) in [6.45, 7) is 0. The van der Waals surface area contributed by atoms with E-state index in [1.807, 2.05) is 12.1 Å². The number of nitrogen functional groups attached to an aromatic ring is 2. The Balaban J connectivity index is 2.93. The van der Waals surface area contributed by atoms with Gasteiger partial charge in [-0.05, 0) is 34.7 Å². The van der Waals surface area contributed by atoms with Gasteiger partial charge in [0.05, 0.1) is 11.2 Å². The van der Waals surface area contributed by atoms with Crippen LogP contribution < -0.4 is 11.5 Å². The summed E-state index contributed by atoms with van der Waals surface area (Å²) in [5.41, 5.74) is 13.5. The number of anilines is 2. The number of nitrogens with two attached hydrogens (primary N) is 2. The molecule has 0 unspecified atom stereocenters. The highest BCUT2D eigenvalue weighted by Crippen LogP contribution is 2.24. The molecule has 0 aliphatic carbocycles. The molecule has 0 bridgehead atoms. The van der Waals surface area contributed by atoms with Crippen LogP contribution in [0.3, 0.4) is 0 Å². The molecule has 12 heavy (non-hydrogen) atoms. The first-order chi connectivity index (χ1) is 5.68. The van der Waals surface area contributed by atoms with E-state index in [9.17, 15) is 0 Å². The second-order valence-electron chi connectivity index (χ2n) is 2.48. The van der Waals surface area contributed by atoms with Gasteiger partial charge in [0.15, 0.2) is 5.95 Å². The number of imidazole rings is 1. The first-order valence-corrected chi connectivity index (χ1v) is 4.45. The fourth-order valence-corrected chi connectivity index (χ4v) is 1.67. The van der Waals surface area contributed by atoms with Crippen LogP contribution >= 0.6 is 22.6 Å². The third-order valence-corrected chi connectivity index (χ3v) is 2.52. The van der Waals surface area contributed by atoms with E-state index in [1.165, 1.54) is 0 Å². The summed E-state index contributed by atoms with van der Waals surface area (Å²) >= 11 is 2.19. The number of hydrogen-bond donors (Lipinski definition) is 3. The summed E-state index contributed by atoms with van der Waals surface area (Å²) < 4.78 is 1.05. The number of aromatic nitrogens is 2. The fourth-order valence-electron chi connectivity index (χ4n) is 1.10. The standard InChI is InChI=1S/C7H7IN4/c8-3-1-2-4(9)6-5(3)11-7(10)12-6/h1-2H,9H2,(H3,10,11,12). The maximum Gasteiger partial charge on any atom is 0.198 e. The van der Waals surface area contributed by atoms with Crippen molar-refractivity contribution in [2.45, 2.75) is 0 Å². The zero-order valence-corrected chi connectivity index (χ0v) is 8.29. The van der Waals surface area contributed by atoms with Crippen molar-refractivity contribution in [3.05, 3.63) is 15.7 Å². The molecule has 1 aromatic heterocycles. The Morgan fingerprint density at radius 1 is 1.33 bits per heavy atom. The molecule has 0 atom stereocenters. The molecule has 5 N–H and O–H groups in total. The van der Waals surface area contributed by atoms with Crippen LogP contribution in [-0.2, 0) is 0 Å². The van der Waals surface area contributed by atoms with Gasteiger partial charge in [0.1, 0.15) is 5.52 Å². The minimum Gasteiger partial charge on any atom is -0.397 e. The van der Waals surface area contributed by atoms with Gasteiger partial charge in [-0.2, -0.15) is 0 Å². The molecule has 0 radical (unpaired) electrons. The number of benzene rings is 1. The average Bonchev–Trinajstić information content (AvgIpc) is 2.41. The van der Waals surface area contributed by atoms with Gasteiger partial charge in [0, 0.05) is 3.57 Å². The Hall–Kier alpha value is -0.980. The van der Waals surface area contributed by atoms with Crippen molar-refractivity contribution in [1.82, 2.24) is 9.97 Å². The highest BCUT2D eigenvalue weighted by atomic mass is 127. The molecule has 0 aliphatic heterocycles. The normalized spacial score (nSPS) is 10.8. The third kappa shape index (κ3) is 1.01. The lowest BCUT2D eigenvalue weighted by molar-refractivity contribution is 1.35. The Morgan fingerprint density at radius 2 is 2.08 bits per heavy atom. The zero-order valence-electron chi connectivity index (χ0n) is 6.13. The quantitative estimate of drug-likeness (QED) is 0.500. The molecule has 0 saturated heterocycles. The Kier molecular flexibility index (Phi) is 1.60. The van der Waals surface area contributed by atoms with E-state index in [-0.39, 0.29) is 0 Å². The van der Waals surface area contributed by atoms with Crippen molar-refractivity contribution < 1.29 is 0 Å². The van der Waals surface area contributed by atoms with E-state index < -0.39 is 0 Å². The summed E-state index contributed by atoms with van der Waals surface area (Å²) in [7, 11) is 0. The zero-order chi connectivity index (χ0) is 8.72. The molecule has 2 aromatic rings. The molecule has 1 heterocycles. The first kappa shape index (κ1) is 7.66. The second kappa shape index (κ2) is 2.51. The van der Waals surface area contributed by atoms with E-state index >= 15 is 0 Å². The molecule has 0 amide bonds. The second-order valence-corrected chi connectivity index (χ2v) is 3.64. The van der Waals surface area contributed by atoms with Crippen LogP contribution in [0, 0.1) is 3.57 Å². The molecule has 2 rings (SSSR count). The van der Waals surface area contributed by atoms with Crippen LogP contribution in [0.5, 0.6) is 0 Å². The summed E-state index contributed by atoms with van der Waals surface area (Å²) in [6.07, 6.45) is 0. The van der Waals surface area contributed by atoms with Gasteiger partial charge in [-0.3, -0.25) is 0 Å². The van der Waals surface area contributed by atoms with Crippen LogP contribution in [0.1, 0.15) is 0 Å². The van der Waals surface area contributed by atoms with E-state index in [0.717, 1.165) is 14.6 Å². The van der Waals surface area contributed by atoms with Crippen LogP contribution in [0.4, 0.5) is 11.6 Å². The molecule has 4 nitrogen and oxygen atoms in total. The Labute approximate surface area is 82.5 Å². The average molecular weight is 274 g/mol. The molecule has 62 valence electrons. The van der Waals surface area contributed by atoms with Crippen molar-refractivity contribution in [3.63, 3.8) is 0 Å². The largest absolute Gasteiger partial charge is 0.397 e. The van der Waals surface area contributed by atoms with Gasteiger partial charge in [0.2, 0.25) is 0 Å². The molecule has 1 aromatic carbocycles. The van der Waals surface area contributed by atoms with Crippen molar-refractivity contribution in [2.75, 3.05) is 11.5 Å². The monoisotopic (exact) mass is 274 g/mol. The van der Waals surface area contributed by atoms with Gasteiger partial charge in [-0.15, -0.1) is 0 Å². The predicted molar refractivity (Wildman–Crippen MR) is 57.6 cm³/mol. The number of nitrogens with one attached hydrogen (secondary N) is 1. The highest BCUT2D eigenvalue weighted by Gasteiger charge is 2.05. The predicted octanol–water partition coefficient (Wildman–Crippen LogP) is 1.33. The van der Waals surface area contributed by atoms with Crippen molar-refractivity contribution >= 4 is 45.3 Å². The number of rotatable bonds is 0. The molecule has 0 saturated carbocycles. The lowest BCUT2D eigenvalue weighted by Gasteiger charge is -1.95.